The lowest BCUT2D eigenvalue weighted by Crippen LogP contribution is -2.09. The van der Waals surface area contributed by atoms with Crippen LogP contribution in [0.3, 0.4) is 0 Å². The van der Waals surface area contributed by atoms with Gasteiger partial charge in [-0.25, -0.2) is 4.98 Å². The van der Waals surface area contributed by atoms with E-state index in [1.165, 1.54) is 12.3 Å². The third kappa shape index (κ3) is 3.46. The molecule has 0 fully saturated rings. The van der Waals surface area contributed by atoms with Crippen LogP contribution in [-0.2, 0) is 0 Å². The first-order valence-electron chi connectivity index (χ1n) is 6.08. The Kier molecular flexibility index (Phi) is 4.36. The third-order valence-electron chi connectivity index (χ3n) is 2.92. The molecule has 1 aromatic heterocycles. The number of nitrogens with one attached hydrogen (secondary N) is 1. The summed E-state index contributed by atoms with van der Waals surface area (Å²) in [6.07, 6.45) is 1.35. The average Bonchev–Trinajstić information content (AvgIpc) is 2.49. The Morgan fingerprint density at radius 1 is 1.43 bits per heavy atom. The van der Waals surface area contributed by atoms with Gasteiger partial charge in [-0.3, -0.25) is 10.1 Å². The van der Waals surface area contributed by atoms with Crippen LogP contribution >= 0.6 is 11.6 Å². The number of hydrogen-bond acceptors (Lipinski definition) is 5. The highest BCUT2D eigenvalue weighted by atomic mass is 35.5. The molecule has 1 atom stereocenters. The highest BCUT2D eigenvalue weighted by molar-refractivity contribution is 6.30. The molecule has 106 valence electrons. The van der Waals surface area contributed by atoms with E-state index in [1.54, 1.807) is 24.3 Å². The minimum absolute atomic E-state index is 0.154. The van der Waals surface area contributed by atoms with Gasteiger partial charge >= 0.3 is 5.69 Å². The number of aromatic nitrogens is 1. The van der Waals surface area contributed by atoms with Crippen molar-refractivity contribution in [3.05, 3.63) is 62.8 Å². The Balaban J connectivity index is 2.24. The van der Waals surface area contributed by atoms with Crippen LogP contribution in [0.25, 0.3) is 0 Å². The third-order valence-corrected chi connectivity index (χ3v) is 3.13. The zero-order valence-electron chi connectivity index (χ0n) is 11.1. The molecule has 6 nitrogen and oxygen atoms in total. The maximum absolute atomic E-state index is 11.0. The molecule has 0 saturated heterocycles. The van der Waals surface area contributed by atoms with Crippen LogP contribution in [0, 0.1) is 21.4 Å². The van der Waals surface area contributed by atoms with Crippen molar-refractivity contribution in [2.75, 3.05) is 5.32 Å². The normalized spacial score (nSPS) is 11.5. The van der Waals surface area contributed by atoms with E-state index in [2.05, 4.69) is 10.3 Å². The van der Waals surface area contributed by atoms with Crippen molar-refractivity contribution in [1.29, 1.82) is 5.26 Å². The molecular weight excluding hydrogens is 292 g/mol. The van der Waals surface area contributed by atoms with Crippen LogP contribution in [-0.4, -0.2) is 9.91 Å². The monoisotopic (exact) mass is 302 g/mol. The molecule has 0 aliphatic carbocycles. The molecule has 1 unspecified atom stereocenters. The SMILES string of the molecule is CC(Nc1ncc(Cl)cc1[N+](=O)[O-])c1ccc(C#N)cc1. The number of pyridine rings is 1. The van der Waals surface area contributed by atoms with E-state index in [4.69, 9.17) is 16.9 Å². The largest absolute Gasteiger partial charge is 0.358 e. The average molecular weight is 303 g/mol. The zero-order valence-corrected chi connectivity index (χ0v) is 11.8. The number of nitriles is 1. The van der Waals surface area contributed by atoms with Crippen LogP contribution in [0.1, 0.15) is 24.1 Å². The van der Waals surface area contributed by atoms with Crippen molar-refractivity contribution < 1.29 is 4.92 Å². The van der Waals surface area contributed by atoms with Crippen molar-refractivity contribution in [1.82, 2.24) is 4.98 Å². The molecule has 7 heteroatoms. The molecule has 2 aromatic rings. The summed E-state index contributed by atoms with van der Waals surface area (Å²) in [5.74, 6) is 0.154. The van der Waals surface area contributed by atoms with E-state index in [1.807, 2.05) is 13.0 Å². The Morgan fingerprint density at radius 3 is 2.67 bits per heavy atom. The summed E-state index contributed by atoms with van der Waals surface area (Å²) in [5, 5.41) is 23.0. The summed E-state index contributed by atoms with van der Waals surface area (Å²) in [4.78, 5) is 14.4. The summed E-state index contributed by atoms with van der Waals surface area (Å²) in [6.45, 7) is 1.85. The van der Waals surface area contributed by atoms with Gasteiger partial charge in [-0.05, 0) is 24.6 Å². The summed E-state index contributed by atoms with van der Waals surface area (Å²) in [6, 6.07) is 10.0. The van der Waals surface area contributed by atoms with Crippen LogP contribution in [0.2, 0.25) is 5.02 Å². The predicted octanol–water partition coefficient (Wildman–Crippen LogP) is 3.69. The molecule has 0 radical (unpaired) electrons. The highest BCUT2D eigenvalue weighted by Gasteiger charge is 2.18. The van der Waals surface area contributed by atoms with Gasteiger partial charge < -0.3 is 5.32 Å². The maximum Gasteiger partial charge on any atom is 0.312 e. The topological polar surface area (TPSA) is 91.8 Å². The second-order valence-corrected chi connectivity index (χ2v) is 4.81. The maximum atomic E-state index is 11.0. The Morgan fingerprint density at radius 2 is 2.10 bits per heavy atom. The number of hydrogen-bond donors (Lipinski definition) is 1. The van der Waals surface area contributed by atoms with Gasteiger partial charge in [0.1, 0.15) is 0 Å². The van der Waals surface area contributed by atoms with Crippen molar-refractivity contribution in [3.63, 3.8) is 0 Å². The number of nitro groups is 1. The predicted molar refractivity (Wildman–Crippen MR) is 79.1 cm³/mol. The van der Waals surface area contributed by atoms with Crippen LogP contribution in [0.5, 0.6) is 0 Å². The number of benzene rings is 1. The molecule has 21 heavy (non-hydrogen) atoms. The fraction of sp³-hybridized carbons (Fsp3) is 0.143. The van der Waals surface area contributed by atoms with E-state index in [0.29, 0.717) is 5.56 Å². The zero-order chi connectivity index (χ0) is 15.4. The molecule has 2 rings (SSSR count). The summed E-state index contributed by atoms with van der Waals surface area (Å²) in [5.41, 5.74) is 1.27. The second kappa shape index (κ2) is 6.20. The number of halogens is 1. The van der Waals surface area contributed by atoms with Gasteiger partial charge in [-0.15, -0.1) is 0 Å². The van der Waals surface area contributed by atoms with Gasteiger partial charge in [0.15, 0.2) is 0 Å². The van der Waals surface area contributed by atoms with E-state index in [9.17, 15) is 10.1 Å². The smallest absolute Gasteiger partial charge is 0.312 e. The number of anilines is 1. The summed E-state index contributed by atoms with van der Waals surface area (Å²) < 4.78 is 0. The molecule has 0 aliphatic rings. The summed E-state index contributed by atoms with van der Waals surface area (Å²) in [7, 11) is 0. The van der Waals surface area contributed by atoms with E-state index >= 15 is 0 Å². The van der Waals surface area contributed by atoms with E-state index < -0.39 is 4.92 Å². The fourth-order valence-electron chi connectivity index (χ4n) is 1.81. The molecule has 1 N–H and O–H groups in total. The van der Waals surface area contributed by atoms with E-state index in [0.717, 1.165) is 5.56 Å². The Hall–Kier alpha value is -2.65. The molecule has 1 heterocycles. The first kappa shape index (κ1) is 14.8. The molecule has 0 spiro atoms. The highest BCUT2D eigenvalue weighted by Crippen LogP contribution is 2.28. The number of rotatable bonds is 4. The summed E-state index contributed by atoms with van der Waals surface area (Å²) >= 11 is 5.72. The van der Waals surface area contributed by atoms with Gasteiger partial charge in [0.05, 0.1) is 27.6 Å². The van der Waals surface area contributed by atoms with Crippen LogP contribution in [0.15, 0.2) is 36.5 Å². The molecule has 0 amide bonds. The standard InChI is InChI=1S/C14H11ClN4O2/c1-9(11-4-2-10(7-16)3-5-11)18-14-13(19(20)21)6-12(15)8-17-14/h2-6,8-9H,1H3,(H,17,18). The van der Waals surface area contributed by atoms with Gasteiger partial charge in [-0.1, -0.05) is 23.7 Å². The first-order chi connectivity index (χ1) is 10.0. The lowest BCUT2D eigenvalue weighted by atomic mass is 10.1. The second-order valence-electron chi connectivity index (χ2n) is 4.38. The van der Waals surface area contributed by atoms with Gasteiger partial charge in [-0.2, -0.15) is 5.26 Å². The molecule has 0 bridgehead atoms. The van der Waals surface area contributed by atoms with Crippen molar-refractivity contribution in [2.45, 2.75) is 13.0 Å². The Labute approximate surface area is 126 Å². The van der Waals surface area contributed by atoms with Crippen molar-refractivity contribution in [2.24, 2.45) is 0 Å². The lowest BCUT2D eigenvalue weighted by molar-refractivity contribution is -0.384. The first-order valence-corrected chi connectivity index (χ1v) is 6.45. The van der Waals surface area contributed by atoms with Gasteiger partial charge in [0, 0.05) is 12.3 Å². The minimum Gasteiger partial charge on any atom is -0.358 e. The number of nitrogens with zero attached hydrogens (tertiary/aromatic N) is 3. The lowest BCUT2D eigenvalue weighted by Gasteiger charge is -2.15. The van der Waals surface area contributed by atoms with Crippen molar-refractivity contribution in [3.8, 4) is 6.07 Å². The van der Waals surface area contributed by atoms with Gasteiger partial charge in [0.25, 0.3) is 0 Å². The Bertz CT molecular complexity index is 710. The minimum atomic E-state index is -0.535. The quantitative estimate of drug-likeness (QED) is 0.687. The van der Waals surface area contributed by atoms with Crippen LogP contribution in [0.4, 0.5) is 11.5 Å². The molecule has 1 aromatic carbocycles. The molecular formula is C14H11ClN4O2. The van der Waals surface area contributed by atoms with Crippen molar-refractivity contribution >= 4 is 23.1 Å². The van der Waals surface area contributed by atoms with E-state index in [-0.39, 0.29) is 22.6 Å². The fourth-order valence-corrected chi connectivity index (χ4v) is 1.97. The molecule has 0 aliphatic heterocycles. The van der Waals surface area contributed by atoms with Gasteiger partial charge in [0.2, 0.25) is 5.82 Å². The molecule has 0 saturated carbocycles. The van der Waals surface area contributed by atoms with Crippen LogP contribution < -0.4 is 5.32 Å².